The molecule has 0 aliphatic carbocycles. The second kappa shape index (κ2) is 7.82. The zero-order valence-corrected chi connectivity index (χ0v) is 15.3. The molecule has 0 radical (unpaired) electrons. The number of carbonyl (C=O) groups is 1. The minimum Gasteiger partial charge on any atom is -0.438 e. The molecule has 2 aromatic heterocycles. The summed E-state index contributed by atoms with van der Waals surface area (Å²) in [4.78, 5) is 20.3. The number of aromatic amines is 1. The highest BCUT2D eigenvalue weighted by Crippen LogP contribution is 2.29. The van der Waals surface area contributed by atoms with Gasteiger partial charge in [0.2, 0.25) is 11.8 Å². The molecule has 152 valence electrons. The number of amides is 1. The van der Waals surface area contributed by atoms with E-state index in [1.54, 1.807) is 30.5 Å². The monoisotopic (exact) mass is 413 g/mol. The van der Waals surface area contributed by atoms with Crippen molar-refractivity contribution in [2.45, 2.75) is 12.6 Å². The number of hydrogen-bond donors (Lipinski definition) is 2. The molecule has 0 aliphatic rings. The van der Waals surface area contributed by atoms with E-state index < -0.39 is 11.7 Å². The highest BCUT2D eigenvalue weighted by Gasteiger charge is 2.29. The van der Waals surface area contributed by atoms with Crippen molar-refractivity contribution in [2.24, 2.45) is 0 Å². The number of nitrogens with one attached hydrogen (secondary N) is 2. The van der Waals surface area contributed by atoms with Crippen LogP contribution in [0.5, 0.6) is 11.6 Å². The Hall–Kier alpha value is -3.95. The average molecular weight is 413 g/mol. The van der Waals surface area contributed by atoms with Crippen molar-refractivity contribution in [3.8, 4) is 11.6 Å². The van der Waals surface area contributed by atoms with Crippen molar-refractivity contribution >= 4 is 22.6 Å². The lowest BCUT2D eigenvalue weighted by Gasteiger charge is -2.09. The maximum atomic E-state index is 12.6. The molecular weight excluding hydrogens is 399 g/mol. The number of hydrogen-bond acceptors (Lipinski definition) is 5. The average Bonchev–Trinajstić information content (AvgIpc) is 3.19. The number of carbonyl (C=O) groups excluding carboxylic acids is 1. The van der Waals surface area contributed by atoms with Gasteiger partial charge in [-0.1, -0.05) is 12.1 Å². The van der Waals surface area contributed by atoms with Gasteiger partial charge in [0.05, 0.1) is 18.2 Å². The van der Waals surface area contributed by atoms with Crippen LogP contribution in [0, 0.1) is 0 Å². The number of H-pyrrole nitrogens is 1. The number of aromatic nitrogens is 4. The third-order valence-corrected chi connectivity index (χ3v) is 4.21. The summed E-state index contributed by atoms with van der Waals surface area (Å²) in [7, 11) is 0. The lowest BCUT2D eigenvalue weighted by molar-refractivity contribution is -0.137. The van der Waals surface area contributed by atoms with Crippen LogP contribution in [-0.2, 0) is 17.4 Å². The summed E-state index contributed by atoms with van der Waals surface area (Å²) in [6.45, 7) is 0. The van der Waals surface area contributed by atoms with Crippen molar-refractivity contribution in [3.63, 3.8) is 0 Å². The van der Waals surface area contributed by atoms with E-state index >= 15 is 0 Å². The van der Waals surface area contributed by atoms with E-state index in [1.807, 2.05) is 0 Å². The molecule has 0 spiro atoms. The van der Waals surface area contributed by atoms with Gasteiger partial charge in [-0.3, -0.25) is 9.89 Å². The van der Waals surface area contributed by atoms with Gasteiger partial charge in [-0.2, -0.15) is 18.3 Å². The molecule has 0 aliphatic heterocycles. The van der Waals surface area contributed by atoms with E-state index in [2.05, 4.69) is 25.5 Å². The predicted molar refractivity (Wildman–Crippen MR) is 102 cm³/mol. The number of halogens is 3. The maximum absolute atomic E-state index is 12.6. The fraction of sp³-hybridized carbons (Fsp3) is 0.100. The van der Waals surface area contributed by atoms with Gasteiger partial charge in [-0.25, -0.2) is 9.97 Å². The Kier molecular flexibility index (Phi) is 5.05. The predicted octanol–water partition coefficient (Wildman–Crippen LogP) is 4.35. The van der Waals surface area contributed by atoms with Crippen LogP contribution in [-0.4, -0.2) is 26.1 Å². The zero-order chi connectivity index (χ0) is 21.1. The molecule has 0 saturated heterocycles. The second-order valence-electron chi connectivity index (χ2n) is 6.36. The van der Waals surface area contributed by atoms with Crippen LogP contribution in [0.15, 0.2) is 61.1 Å². The second-order valence-corrected chi connectivity index (χ2v) is 6.36. The Morgan fingerprint density at radius 1 is 1.03 bits per heavy atom. The molecular formula is C20H14F3N5O2. The Morgan fingerprint density at radius 2 is 1.77 bits per heavy atom. The molecule has 0 fully saturated rings. The summed E-state index contributed by atoms with van der Waals surface area (Å²) in [5, 5.41) is 9.94. The first-order chi connectivity index (χ1) is 14.4. The molecule has 4 aromatic rings. The summed E-state index contributed by atoms with van der Waals surface area (Å²) in [6.07, 6.45) is -1.54. The summed E-state index contributed by atoms with van der Waals surface area (Å²) in [6, 6.07) is 11.1. The fourth-order valence-corrected chi connectivity index (χ4v) is 2.74. The van der Waals surface area contributed by atoms with Crippen LogP contribution < -0.4 is 10.1 Å². The third-order valence-electron chi connectivity index (χ3n) is 4.21. The van der Waals surface area contributed by atoms with Crippen molar-refractivity contribution in [1.82, 2.24) is 20.2 Å². The number of nitrogens with zero attached hydrogens (tertiary/aromatic N) is 3. The molecule has 0 bridgehead atoms. The van der Waals surface area contributed by atoms with Crippen LogP contribution in [0.25, 0.3) is 11.0 Å². The summed E-state index contributed by atoms with van der Waals surface area (Å²) in [5.41, 5.74) is 0.800. The molecule has 0 saturated carbocycles. The Labute approximate surface area is 167 Å². The van der Waals surface area contributed by atoms with Crippen LogP contribution >= 0.6 is 0 Å². The van der Waals surface area contributed by atoms with Crippen molar-refractivity contribution in [3.05, 3.63) is 72.2 Å². The molecule has 2 N–H and O–H groups in total. The maximum Gasteiger partial charge on any atom is 0.416 e. The topological polar surface area (TPSA) is 92.8 Å². The van der Waals surface area contributed by atoms with Crippen LogP contribution in [0.2, 0.25) is 0 Å². The number of anilines is 1. The van der Waals surface area contributed by atoms with E-state index in [0.717, 1.165) is 12.1 Å². The first-order valence-corrected chi connectivity index (χ1v) is 8.76. The number of alkyl halides is 3. The smallest absolute Gasteiger partial charge is 0.416 e. The number of rotatable bonds is 5. The molecule has 2 aromatic carbocycles. The van der Waals surface area contributed by atoms with Gasteiger partial charge in [0, 0.05) is 5.69 Å². The third kappa shape index (κ3) is 4.37. The molecule has 30 heavy (non-hydrogen) atoms. The van der Waals surface area contributed by atoms with Gasteiger partial charge >= 0.3 is 6.18 Å². The van der Waals surface area contributed by atoms with E-state index in [-0.39, 0.29) is 12.3 Å². The summed E-state index contributed by atoms with van der Waals surface area (Å²) < 4.78 is 43.5. The highest BCUT2D eigenvalue weighted by atomic mass is 19.4. The van der Waals surface area contributed by atoms with Crippen molar-refractivity contribution in [2.75, 3.05) is 5.32 Å². The minimum atomic E-state index is -4.40. The summed E-state index contributed by atoms with van der Waals surface area (Å²) in [5.74, 6) is 0.490. The Morgan fingerprint density at radius 3 is 2.47 bits per heavy atom. The lowest BCUT2D eigenvalue weighted by Crippen LogP contribution is -2.14. The number of ether oxygens (including phenoxy) is 1. The van der Waals surface area contributed by atoms with E-state index in [0.29, 0.717) is 33.9 Å². The van der Waals surface area contributed by atoms with Gasteiger partial charge in [0.15, 0.2) is 5.65 Å². The van der Waals surface area contributed by atoms with Crippen LogP contribution in [0.1, 0.15) is 11.1 Å². The van der Waals surface area contributed by atoms with E-state index in [1.165, 1.54) is 18.5 Å². The van der Waals surface area contributed by atoms with Gasteiger partial charge in [0.1, 0.15) is 17.5 Å². The number of benzene rings is 2. The van der Waals surface area contributed by atoms with Crippen LogP contribution in [0.3, 0.4) is 0 Å². The molecule has 0 unspecified atom stereocenters. The number of fused-ring (bicyclic) bond motifs is 1. The van der Waals surface area contributed by atoms with Crippen molar-refractivity contribution < 1.29 is 22.7 Å². The quantitative estimate of drug-likeness (QED) is 0.508. The van der Waals surface area contributed by atoms with E-state index in [4.69, 9.17) is 4.74 Å². The summed E-state index contributed by atoms with van der Waals surface area (Å²) >= 11 is 0. The van der Waals surface area contributed by atoms with Gasteiger partial charge < -0.3 is 10.1 Å². The first kappa shape index (κ1) is 19.4. The molecule has 2 heterocycles. The van der Waals surface area contributed by atoms with Crippen LogP contribution in [0.4, 0.5) is 18.9 Å². The molecule has 10 heteroatoms. The van der Waals surface area contributed by atoms with Crippen molar-refractivity contribution in [1.29, 1.82) is 0 Å². The Bertz CT molecular complexity index is 1170. The van der Waals surface area contributed by atoms with Gasteiger partial charge in [-0.15, -0.1) is 0 Å². The normalized spacial score (nSPS) is 11.4. The first-order valence-electron chi connectivity index (χ1n) is 8.76. The zero-order valence-electron chi connectivity index (χ0n) is 15.3. The van der Waals surface area contributed by atoms with Gasteiger partial charge in [0.25, 0.3) is 0 Å². The Balaban J connectivity index is 1.37. The molecule has 4 rings (SSSR count). The molecule has 1 amide bonds. The molecule has 7 nitrogen and oxygen atoms in total. The van der Waals surface area contributed by atoms with E-state index in [9.17, 15) is 18.0 Å². The highest BCUT2D eigenvalue weighted by molar-refractivity contribution is 5.92. The van der Waals surface area contributed by atoms with Gasteiger partial charge in [-0.05, 0) is 42.0 Å². The SMILES string of the molecule is O=C(Cc1ccc(C(F)(F)F)cc1)Nc1ccc(Oc2ncnc3[nH]ncc23)cc1. The lowest BCUT2D eigenvalue weighted by atomic mass is 10.1. The largest absolute Gasteiger partial charge is 0.438 e. The fourth-order valence-electron chi connectivity index (χ4n) is 2.74. The standard InChI is InChI=1S/C20H14F3N5O2/c21-20(22,23)13-3-1-12(2-4-13)9-17(29)27-14-5-7-15(8-6-14)30-19-16-10-26-28-18(16)24-11-25-19/h1-8,10-11H,9H2,(H,27,29)(H,24,25,26,28). The molecule has 0 atom stereocenters. The minimum absolute atomic E-state index is 0.0458.